The van der Waals surface area contributed by atoms with Gasteiger partial charge in [-0.1, -0.05) is 0 Å². The van der Waals surface area contributed by atoms with Gasteiger partial charge in [-0.2, -0.15) is 0 Å². The third kappa shape index (κ3) is 6.53. The number of hydrogen-bond acceptors (Lipinski definition) is 4. The Labute approximate surface area is 124 Å². The predicted molar refractivity (Wildman–Crippen MR) is 83.8 cm³/mol. The molecule has 120 valence electrons. The summed E-state index contributed by atoms with van der Waals surface area (Å²) in [6.45, 7) is 12.3. The highest BCUT2D eigenvalue weighted by Crippen LogP contribution is 2.23. The van der Waals surface area contributed by atoms with Gasteiger partial charge in [0.15, 0.2) is 0 Å². The van der Waals surface area contributed by atoms with E-state index in [1.165, 1.54) is 25.7 Å². The van der Waals surface area contributed by atoms with Crippen molar-refractivity contribution in [2.24, 2.45) is 5.92 Å². The van der Waals surface area contributed by atoms with E-state index < -0.39 is 6.23 Å². The van der Waals surface area contributed by atoms with Crippen LogP contribution in [0, 0.1) is 5.92 Å². The molecule has 20 heavy (non-hydrogen) atoms. The monoisotopic (exact) mass is 286 g/mol. The first-order valence-electron chi connectivity index (χ1n) is 8.30. The van der Waals surface area contributed by atoms with E-state index in [0.29, 0.717) is 6.04 Å². The van der Waals surface area contributed by atoms with Gasteiger partial charge in [-0.3, -0.25) is 10.2 Å². The van der Waals surface area contributed by atoms with Crippen LogP contribution in [0.1, 0.15) is 53.4 Å². The Morgan fingerprint density at radius 2 is 1.90 bits per heavy atom. The molecule has 0 aromatic heterocycles. The average Bonchev–Trinajstić information content (AvgIpc) is 2.43. The van der Waals surface area contributed by atoms with E-state index in [4.69, 9.17) is 4.74 Å². The number of rotatable bonds is 9. The number of piperidine rings is 1. The minimum absolute atomic E-state index is 0.196. The van der Waals surface area contributed by atoms with Crippen LogP contribution in [0.4, 0.5) is 0 Å². The Morgan fingerprint density at radius 3 is 2.45 bits per heavy atom. The molecule has 0 bridgehead atoms. The number of nitrogens with zero attached hydrogens (tertiary/aromatic N) is 1. The van der Waals surface area contributed by atoms with Crippen molar-refractivity contribution in [1.82, 2.24) is 10.2 Å². The van der Waals surface area contributed by atoms with Crippen LogP contribution in [-0.2, 0) is 4.74 Å². The van der Waals surface area contributed by atoms with Gasteiger partial charge in [0.2, 0.25) is 0 Å². The van der Waals surface area contributed by atoms with Crippen LogP contribution in [0.15, 0.2) is 0 Å². The first-order valence-corrected chi connectivity index (χ1v) is 8.30. The van der Waals surface area contributed by atoms with E-state index in [0.717, 1.165) is 32.2 Å². The second kappa shape index (κ2) is 9.72. The summed E-state index contributed by atoms with van der Waals surface area (Å²) >= 11 is 0. The number of aliphatic hydroxyl groups excluding tert-OH is 1. The number of ether oxygens (including phenoxy) is 1. The first-order chi connectivity index (χ1) is 9.54. The molecule has 0 amide bonds. The zero-order chi connectivity index (χ0) is 15.0. The normalized spacial score (nSPS) is 21.3. The van der Waals surface area contributed by atoms with Crippen molar-refractivity contribution in [3.8, 4) is 0 Å². The van der Waals surface area contributed by atoms with Crippen molar-refractivity contribution in [3.05, 3.63) is 0 Å². The molecule has 1 fully saturated rings. The summed E-state index contributed by atoms with van der Waals surface area (Å²) in [5.74, 6) is 0.842. The second-order valence-corrected chi connectivity index (χ2v) is 6.33. The van der Waals surface area contributed by atoms with Crippen molar-refractivity contribution >= 4 is 0 Å². The van der Waals surface area contributed by atoms with Gasteiger partial charge in [-0.25, -0.2) is 0 Å². The van der Waals surface area contributed by atoms with Crippen LogP contribution in [0.2, 0.25) is 0 Å². The molecule has 0 spiro atoms. The van der Waals surface area contributed by atoms with Crippen molar-refractivity contribution in [2.45, 2.75) is 71.7 Å². The molecular weight excluding hydrogens is 252 g/mol. The predicted octanol–water partition coefficient (Wildman–Crippen LogP) is 2.22. The molecule has 0 radical (unpaired) electrons. The van der Waals surface area contributed by atoms with Crippen LogP contribution in [0.3, 0.4) is 0 Å². The minimum Gasteiger partial charge on any atom is -0.382 e. The first kappa shape index (κ1) is 17.9. The maximum Gasteiger partial charge on any atom is 0.120 e. The van der Waals surface area contributed by atoms with Gasteiger partial charge in [-0.15, -0.1) is 0 Å². The van der Waals surface area contributed by atoms with Crippen LogP contribution >= 0.6 is 0 Å². The molecule has 0 aromatic rings. The lowest BCUT2D eigenvalue weighted by molar-refractivity contribution is 0.0129. The SMILES string of the molecule is CCOCCCC1CCN(C(C)C(O)NC(C)C)CC1. The average molecular weight is 286 g/mol. The molecule has 2 unspecified atom stereocenters. The fraction of sp³-hybridized carbons (Fsp3) is 1.00. The lowest BCUT2D eigenvalue weighted by atomic mass is 9.91. The van der Waals surface area contributed by atoms with Crippen LogP contribution in [0.25, 0.3) is 0 Å². The summed E-state index contributed by atoms with van der Waals surface area (Å²) in [7, 11) is 0. The van der Waals surface area contributed by atoms with E-state index in [1.807, 2.05) is 0 Å². The topological polar surface area (TPSA) is 44.7 Å². The van der Waals surface area contributed by atoms with Crippen molar-refractivity contribution in [2.75, 3.05) is 26.3 Å². The van der Waals surface area contributed by atoms with Crippen molar-refractivity contribution in [1.29, 1.82) is 0 Å². The third-order valence-electron chi connectivity index (χ3n) is 4.29. The highest BCUT2D eigenvalue weighted by molar-refractivity contribution is 4.80. The quantitative estimate of drug-likeness (QED) is 0.504. The maximum absolute atomic E-state index is 10.1. The molecule has 1 aliphatic heterocycles. The molecule has 2 atom stereocenters. The smallest absolute Gasteiger partial charge is 0.120 e. The van der Waals surface area contributed by atoms with Gasteiger partial charge in [0.1, 0.15) is 6.23 Å². The number of aliphatic hydroxyl groups is 1. The van der Waals surface area contributed by atoms with Gasteiger partial charge >= 0.3 is 0 Å². The molecule has 0 saturated carbocycles. The maximum atomic E-state index is 10.1. The molecule has 2 N–H and O–H groups in total. The lowest BCUT2D eigenvalue weighted by Crippen LogP contribution is -2.52. The number of hydrogen-bond donors (Lipinski definition) is 2. The summed E-state index contributed by atoms with van der Waals surface area (Å²) in [6, 6.07) is 0.519. The number of likely N-dealkylation sites (tertiary alicyclic amines) is 1. The van der Waals surface area contributed by atoms with Gasteiger partial charge < -0.3 is 9.84 Å². The van der Waals surface area contributed by atoms with Crippen LogP contribution in [0.5, 0.6) is 0 Å². The molecular formula is C16H34N2O2. The Balaban J connectivity index is 2.20. The van der Waals surface area contributed by atoms with Gasteiger partial charge in [-0.05, 0) is 72.4 Å². The van der Waals surface area contributed by atoms with E-state index in [9.17, 15) is 5.11 Å². The van der Waals surface area contributed by atoms with Crippen LogP contribution in [-0.4, -0.2) is 54.6 Å². The van der Waals surface area contributed by atoms with Gasteiger partial charge in [0.05, 0.1) is 0 Å². The van der Waals surface area contributed by atoms with Crippen molar-refractivity contribution < 1.29 is 9.84 Å². The summed E-state index contributed by atoms with van der Waals surface area (Å²) in [6.07, 6.45) is 4.56. The Bertz CT molecular complexity index is 241. The lowest BCUT2D eigenvalue weighted by Gasteiger charge is -2.38. The molecule has 1 rings (SSSR count). The Kier molecular flexibility index (Phi) is 8.69. The molecule has 0 aromatic carbocycles. The fourth-order valence-corrected chi connectivity index (χ4v) is 2.95. The molecule has 1 aliphatic rings. The summed E-state index contributed by atoms with van der Waals surface area (Å²) in [5.41, 5.74) is 0. The van der Waals surface area contributed by atoms with Crippen LogP contribution < -0.4 is 5.32 Å². The summed E-state index contributed by atoms with van der Waals surface area (Å²) in [5, 5.41) is 13.3. The fourth-order valence-electron chi connectivity index (χ4n) is 2.95. The molecule has 4 heteroatoms. The largest absolute Gasteiger partial charge is 0.382 e. The third-order valence-corrected chi connectivity index (χ3v) is 4.29. The van der Waals surface area contributed by atoms with Gasteiger partial charge in [0, 0.05) is 25.3 Å². The Hall–Kier alpha value is -0.160. The number of nitrogens with one attached hydrogen (secondary N) is 1. The highest BCUT2D eigenvalue weighted by atomic mass is 16.5. The van der Waals surface area contributed by atoms with E-state index in [-0.39, 0.29) is 6.04 Å². The second-order valence-electron chi connectivity index (χ2n) is 6.33. The molecule has 1 heterocycles. The zero-order valence-corrected chi connectivity index (χ0v) is 13.8. The van der Waals surface area contributed by atoms with E-state index in [1.54, 1.807) is 0 Å². The zero-order valence-electron chi connectivity index (χ0n) is 13.8. The Morgan fingerprint density at radius 1 is 1.25 bits per heavy atom. The molecule has 1 saturated heterocycles. The highest BCUT2D eigenvalue weighted by Gasteiger charge is 2.26. The van der Waals surface area contributed by atoms with Gasteiger partial charge in [0.25, 0.3) is 0 Å². The summed E-state index contributed by atoms with van der Waals surface area (Å²) < 4.78 is 5.40. The van der Waals surface area contributed by atoms with Crippen molar-refractivity contribution in [3.63, 3.8) is 0 Å². The van der Waals surface area contributed by atoms with E-state index >= 15 is 0 Å². The summed E-state index contributed by atoms with van der Waals surface area (Å²) in [4.78, 5) is 2.42. The molecule has 4 nitrogen and oxygen atoms in total. The standard InChI is InChI=1S/C16H34N2O2/c1-5-20-12-6-7-15-8-10-18(11-9-15)14(4)16(19)17-13(2)3/h13-17,19H,5-12H2,1-4H3. The molecule has 0 aliphatic carbocycles. The van der Waals surface area contributed by atoms with E-state index in [2.05, 4.69) is 37.9 Å². The minimum atomic E-state index is -0.426.